The summed E-state index contributed by atoms with van der Waals surface area (Å²) < 4.78 is 10.9. The van der Waals surface area contributed by atoms with Crippen LogP contribution in [0.5, 0.6) is 0 Å². The zero-order valence-electron chi connectivity index (χ0n) is 16.4. The highest BCUT2D eigenvalue weighted by molar-refractivity contribution is 5.82. The highest BCUT2D eigenvalue weighted by Crippen LogP contribution is 2.29. The third kappa shape index (κ3) is 4.29. The van der Waals surface area contributed by atoms with Crippen LogP contribution in [0.4, 0.5) is 4.79 Å². The number of hydrogen-bond donors (Lipinski definition) is 2. The van der Waals surface area contributed by atoms with Gasteiger partial charge in [-0.3, -0.25) is 4.79 Å². The standard InChI is InChI=1S/C20H29N3O5/c1-13(2)17(16-11-27-9-8-22(16)20(21)26)18(24)23-12-28-19(25)15(23)10-14-6-4-3-5-7-14/h3-7,13,15-17,19,25H,8-12H2,1-2H3,(H2,21,26). The van der Waals surface area contributed by atoms with Gasteiger partial charge < -0.3 is 30.1 Å². The number of nitrogens with two attached hydrogens (primary N) is 1. The van der Waals surface area contributed by atoms with Crippen molar-refractivity contribution in [1.29, 1.82) is 0 Å². The van der Waals surface area contributed by atoms with Crippen LogP contribution in [0.25, 0.3) is 0 Å². The fraction of sp³-hybridized carbons (Fsp3) is 0.600. The van der Waals surface area contributed by atoms with Gasteiger partial charge in [-0.15, -0.1) is 0 Å². The Balaban J connectivity index is 1.82. The molecule has 4 unspecified atom stereocenters. The van der Waals surface area contributed by atoms with Gasteiger partial charge in [0.1, 0.15) is 6.73 Å². The first-order valence-corrected chi connectivity index (χ1v) is 9.68. The largest absolute Gasteiger partial charge is 0.377 e. The lowest BCUT2D eigenvalue weighted by molar-refractivity contribution is -0.144. The van der Waals surface area contributed by atoms with Gasteiger partial charge in [0, 0.05) is 6.54 Å². The maximum absolute atomic E-state index is 13.5. The minimum atomic E-state index is -1.05. The third-order valence-corrected chi connectivity index (χ3v) is 5.55. The molecule has 3 amide bonds. The van der Waals surface area contributed by atoms with Crippen molar-refractivity contribution in [3.05, 3.63) is 35.9 Å². The van der Waals surface area contributed by atoms with Gasteiger partial charge in [0.05, 0.1) is 31.2 Å². The predicted molar refractivity (Wildman–Crippen MR) is 102 cm³/mol. The van der Waals surface area contributed by atoms with E-state index in [1.807, 2.05) is 44.2 Å². The molecule has 2 heterocycles. The third-order valence-electron chi connectivity index (χ3n) is 5.55. The summed E-state index contributed by atoms with van der Waals surface area (Å²) in [6, 6.07) is 8.20. The van der Waals surface area contributed by atoms with Crippen LogP contribution in [-0.4, -0.2) is 71.7 Å². The van der Waals surface area contributed by atoms with E-state index in [-0.39, 0.29) is 25.2 Å². The first-order chi connectivity index (χ1) is 13.4. The number of hydrogen-bond acceptors (Lipinski definition) is 5. The van der Waals surface area contributed by atoms with E-state index in [1.54, 1.807) is 4.90 Å². The number of aliphatic hydroxyl groups excluding tert-OH is 1. The number of nitrogens with zero attached hydrogens (tertiary/aromatic N) is 2. The molecule has 154 valence electrons. The van der Waals surface area contributed by atoms with Crippen molar-refractivity contribution in [2.75, 3.05) is 26.5 Å². The molecule has 8 heteroatoms. The Morgan fingerprint density at radius 3 is 2.61 bits per heavy atom. The molecule has 0 bridgehead atoms. The Bertz CT molecular complexity index is 684. The van der Waals surface area contributed by atoms with E-state index in [9.17, 15) is 14.7 Å². The Morgan fingerprint density at radius 2 is 1.96 bits per heavy atom. The van der Waals surface area contributed by atoms with Crippen molar-refractivity contribution >= 4 is 11.9 Å². The van der Waals surface area contributed by atoms with Crippen molar-refractivity contribution in [2.45, 2.75) is 38.6 Å². The van der Waals surface area contributed by atoms with Crippen LogP contribution in [0, 0.1) is 11.8 Å². The molecule has 2 aliphatic rings. The fourth-order valence-electron chi connectivity index (χ4n) is 4.09. The molecule has 0 aromatic heterocycles. The van der Waals surface area contributed by atoms with Crippen LogP contribution < -0.4 is 5.73 Å². The monoisotopic (exact) mass is 391 g/mol. The molecule has 0 radical (unpaired) electrons. The zero-order valence-corrected chi connectivity index (χ0v) is 16.4. The van der Waals surface area contributed by atoms with Crippen LogP contribution in [0.3, 0.4) is 0 Å². The molecular formula is C20H29N3O5. The van der Waals surface area contributed by atoms with Crippen LogP contribution >= 0.6 is 0 Å². The fourth-order valence-corrected chi connectivity index (χ4v) is 4.09. The lowest BCUT2D eigenvalue weighted by Crippen LogP contribution is -2.59. The van der Waals surface area contributed by atoms with Crippen LogP contribution in [0.1, 0.15) is 19.4 Å². The van der Waals surface area contributed by atoms with Gasteiger partial charge >= 0.3 is 6.03 Å². The molecule has 3 rings (SSSR count). The van der Waals surface area contributed by atoms with Crippen LogP contribution in [-0.2, 0) is 20.7 Å². The number of primary amides is 1. The average molecular weight is 391 g/mol. The molecule has 4 atom stereocenters. The Hall–Kier alpha value is -2.16. The molecule has 8 nitrogen and oxygen atoms in total. The molecule has 28 heavy (non-hydrogen) atoms. The highest BCUT2D eigenvalue weighted by atomic mass is 16.6. The van der Waals surface area contributed by atoms with Crippen molar-refractivity contribution in [3.63, 3.8) is 0 Å². The number of morpholine rings is 1. The number of benzene rings is 1. The average Bonchev–Trinajstić information content (AvgIpc) is 3.03. The van der Waals surface area contributed by atoms with Gasteiger partial charge in [-0.25, -0.2) is 4.79 Å². The lowest BCUT2D eigenvalue weighted by atomic mass is 9.85. The maximum Gasteiger partial charge on any atom is 0.315 e. The summed E-state index contributed by atoms with van der Waals surface area (Å²) in [6.07, 6.45) is -0.564. The summed E-state index contributed by atoms with van der Waals surface area (Å²) >= 11 is 0. The van der Waals surface area contributed by atoms with E-state index < -0.39 is 30.3 Å². The van der Waals surface area contributed by atoms with Gasteiger partial charge in [0.2, 0.25) is 5.91 Å². The Kier molecular flexibility index (Phi) is 6.53. The number of carbonyl (C=O) groups excluding carboxylic acids is 2. The second kappa shape index (κ2) is 8.89. The second-order valence-corrected chi connectivity index (χ2v) is 7.70. The van der Waals surface area contributed by atoms with Crippen LogP contribution in [0.15, 0.2) is 30.3 Å². The summed E-state index contributed by atoms with van der Waals surface area (Å²) in [5.41, 5.74) is 6.55. The molecule has 0 aliphatic carbocycles. The number of aliphatic hydroxyl groups is 1. The van der Waals surface area contributed by atoms with Gasteiger partial charge in [-0.1, -0.05) is 44.2 Å². The first kappa shape index (κ1) is 20.6. The Labute approximate surface area is 165 Å². The molecule has 2 fully saturated rings. The second-order valence-electron chi connectivity index (χ2n) is 7.70. The summed E-state index contributed by atoms with van der Waals surface area (Å²) in [5, 5.41) is 10.3. The van der Waals surface area contributed by atoms with E-state index in [2.05, 4.69) is 0 Å². The molecule has 1 aromatic rings. The number of urea groups is 1. The van der Waals surface area contributed by atoms with Crippen LogP contribution in [0.2, 0.25) is 0 Å². The van der Waals surface area contributed by atoms with Gasteiger partial charge in [-0.05, 0) is 17.9 Å². The normalized spacial score (nSPS) is 26.5. The topological polar surface area (TPSA) is 105 Å². The summed E-state index contributed by atoms with van der Waals surface area (Å²) in [4.78, 5) is 28.5. The quantitative estimate of drug-likeness (QED) is 0.772. The van der Waals surface area contributed by atoms with E-state index in [0.717, 1.165) is 5.56 Å². The van der Waals surface area contributed by atoms with Gasteiger partial charge in [-0.2, -0.15) is 0 Å². The molecule has 2 aliphatic heterocycles. The lowest BCUT2D eigenvalue weighted by Gasteiger charge is -2.41. The maximum atomic E-state index is 13.5. The Morgan fingerprint density at radius 1 is 1.25 bits per heavy atom. The molecule has 2 saturated heterocycles. The van der Waals surface area contributed by atoms with E-state index in [1.165, 1.54) is 4.90 Å². The predicted octanol–water partition coefficient (Wildman–Crippen LogP) is 0.784. The van der Waals surface area contributed by atoms with Crippen molar-refractivity contribution in [3.8, 4) is 0 Å². The first-order valence-electron chi connectivity index (χ1n) is 9.68. The van der Waals surface area contributed by atoms with E-state index in [4.69, 9.17) is 15.2 Å². The summed E-state index contributed by atoms with van der Waals surface area (Å²) in [7, 11) is 0. The molecule has 3 N–H and O–H groups in total. The van der Waals surface area contributed by atoms with E-state index >= 15 is 0 Å². The summed E-state index contributed by atoms with van der Waals surface area (Å²) in [5.74, 6) is -0.703. The molecule has 0 spiro atoms. The molecular weight excluding hydrogens is 362 g/mol. The minimum absolute atomic E-state index is 0.0187. The molecule has 1 aromatic carbocycles. The van der Waals surface area contributed by atoms with E-state index in [0.29, 0.717) is 19.6 Å². The molecule has 0 saturated carbocycles. The summed E-state index contributed by atoms with van der Waals surface area (Å²) in [6.45, 7) is 4.93. The number of rotatable bonds is 5. The van der Waals surface area contributed by atoms with Crippen molar-refractivity contribution in [1.82, 2.24) is 9.80 Å². The number of amides is 3. The van der Waals surface area contributed by atoms with Crippen molar-refractivity contribution < 1.29 is 24.2 Å². The smallest absolute Gasteiger partial charge is 0.315 e. The number of ether oxygens (including phenoxy) is 2. The van der Waals surface area contributed by atoms with Gasteiger partial charge in [0.25, 0.3) is 0 Å². The highest BCUT2D eigenvalue weighted by Gasteiger charge is 2.45. The SMILES string of the molecule is CC(C)C(C(=O)N1COC(O)C1Cc1ccccc1)C1COCCN1C(N)=O. The zero-order chi connectivity index (χ0) is 20.3. The number of carbonyl (C=O) groups is 2. The van der Waals surface area contributed by atoms with Crippen molar-refractivity contribution in [2.24, 2.45) is 17.6 Å². The minimum Gasteiger partial charge on any atom is -0.377 e. The van der Waals surface area contributed by atoms with Gasteiger partial charge in [0.15, 0.2) is 6.29 Å².